The Hall–Kier alpha value is -5.28. The summed E-state index contributed by atoms with van der Waals surface area (Å²) in [7, 11) is 0. The molecule has 0 spiro atoms. The number of hydrogen-bond acceptors (Lipinski definition) is 2. The van der Waals surface area contributed by atoms with Gasteiger partial charge in [0.2, 0.25) is 5.95 Å². The second-order valence-corrected chi connectivity index (χ2v) is 11.9. The molecule has 9 rings (SSSR count). The van der Waals surface area contributed by atoms with Crippen molar-refractivity contribution in [2.24, 2.45) is 0 Å². The molecule has 2 aromatic heterocycles. The maximum atomic E-state index is 5.37. The van der Waals surface area contributed by atoms with Crippen LogP contribution in [0.5, 0.6) is 0 Å². The lowest BCUT2D eigenvalue weighted by Crippen LogP contribution is -2.17. The number of rotatable bonds is 2. The first kappa shape index (κ1) is 23.4. The van der Waals surface area contributed by atoms with Gasteiger partial charge in [-0.05, 0) is 51.2 Å². The molecule has 0 aliphatic heterocycles. The average Bonchev–Trinajstić information content (AvgIpc) is 3.48. The number of para-hydroxylation sites is 1. The van der Waals surface area contributed by atoms with Crippen molar-refractivity contribution in [3.8, 4) is 28.3 Å². The van der Waals surface area contributed by atoms with E-state index in [9.17, 15) is 0 Å². The maximum absolute atomic E-state index is 5.37. The average molecular weight is 538 g/mol. The first-order valence-electron chi connectivity index (χ1n) is 14.5. The smallest absolute Gasteiger partial charge is 0.235 e. The molecule has 3 heteroatoms. The summed E-state index contributed by atoms with van der Waals surface area (Å²) in [6, 6.07) is 45.6. The molecule has 198 valence electrons. The highest BCUT2D eigenvalue weighted by Crippen LogP contribution is 2.53. The molecule has 3 nitrogen and oxygen atoms in total. The minimum atomic E-state index is -0.184. The Labute approximate surface area is 243 Å². The minimum absolute atomic E-state index is 0.184. The molecule has 0 bridgehead atoms. The Morgan fingerprint density at radius 1 is 0.571 bits per heavy atom. The summed E-state index contributed by atoms with van der Waals surface area (Å²) in [5.74, 6) is 0.697. The van der Waals surface area contributed by atoms with Crippen LogP contribution in [0.2, 0.25) is 0 Å². The van der Waals surface area contributed by atoms with Crippen molar-refractivity contribution in [2.75, 3.05) is 0 Å². The molecule has 0 atom stereocenters. The summed E-state index contributed by atoms with van der Waals surface area (Å²) in [5, 5.41) is 5.94. The number of nitrogens with zero attached hydrogens (tertiary/aromatic N) is 3. The Morgan fingerprint density at radius 3 is 2.14 bits per heavy atom. The molecule has 0 saturated carbocycles. The third-order valence-corrected chi connectivity index (χ3v) is 9.15. The van der Waals surface area contributed by atoms with Gasteiger partial charge in [0.25, 0.3) is 0 Å². The molecule has 0 fully saturated rings. The van der Waals surface area contributed by atoms with Crippen molar-refractivity contribution in [2.45, 2.75) is 19.3 Å². The quantitative estimate of drug-likeness (QED) is 0.220. The standard InChI is InChI=1S/C39H27N3/c1-39(2)32-18-10-8-16-27(32)28-20-21-29-31-22-25-14-6-7-15-26(25)23-34(31)42(37(29)35(28)39)38-40-33-19-11-9-17-30(33)36(41-38)24-12-4-3-5-13-24/h3-23H,1-2H3. The van der Waals surface area contributed by atoms with Gasteiger partial charge in [-0.1, -0.05) is 123 Å². The van der Waals surface area contributed by atoms with Gasteiger partial charge in [0.05, 0.1) is 22.2 Å². The van der Waals surface area contributed by atoms with Crippen LogP contribution in [-0.4, -0.2) is 14.5 Å². The monoisotopic (exact) mass is 537 g/mol. The van der Waals surface area contributed by atoms with Crippen molar-refractivity contribution in [1.29, 1.82) is 0 Å². The van der Waals surface area contributed by atoms with E-state index in [0.717, 1.165) is 27.7 Å². The van der Waals surface area contributed by atoms with Gasteiger partial charge in [-0.2, -0.15) is 0 Å². The first-order valence-corrected chi connectivity index (χ1v) is 14.5. The van der Waals surface area contributed by atoms with Crippen molar-refractivity contribution >= 4 is 43.5 Å². The lowest BCUT2D eigenvalue weighted by molar-refractivity contribution is 0.663. The molecule has 2 heterocycles. The molecule has 0 radical (unpaired) electrons. The Bertz CT molecular complexity index is 2380. The number of aromatic nitrogens is 3. The van der Waals surface area contributed by atoms with E-state index < -0.39 is 0 Å². The molecule has 0 unspecified atom stereocenters. The molecule has 42 heavy (non-hydrogen) atoms. The predicted octanol–water partition coefficient (Wildman–Crippen LogP) is 9.85. The van der Waals surface area contributed by atoms with Gasteiger partial charge in [-0.25, -0.2) is 9.97 Å². The van der Waals surface area contributed by atoms with Gasteiger partial charge in [0, 0.05) is 27.1 Å². The van der Waals surface area contributed by atoms with Gasteiger partial charge < -0.3 is 0 Å². The maximum Gasteiger partial charge on any atom is 0.235 e. The fraction of sp³-hybridized carbons (Fsp3) is 0.0769. The lowest BCUT2D eigenvalue weighted by Gasteiger charge is -2.23. The molecule has 6 aromatic carbocycles. The fourth-order valence-corrected chi connectivity index (χ4v) is 7.23. The Morgan fingerprint density at radius 2 is 1.29 bits per heavy atom. The second kappa shape index (κ2) is 8.37. The van der Waals surface area contributed by atoms with Crippen molar-refractivity contribution < 1.29 is 0 Å². The van der Waals surface area contributed by atoms with Crippen molar-refractivity contribution in [1.82, 2.24) is 14.5 Å². The SMILES string of the molecule is CC1(C)c2ccccc2-c2ccc3c4cc5ccccc5cc4n(-c4nc(-c5ccccc5)c5ccccc5n4)c3c21. The van der Waals surface area contributed by atoms with Gasteiger partial charge >= 0.3 is 0 Å². The van der Waals surface area contributed by atoms with E-state index >= 15 is 0 Å². The van der Waals surface area contributed by atoms with Crippen LogP contribution in [0, 0.1) is 0 Å². The van der Waals surface area contributed by atoms with Gasteiger partial charge in [0.1, 0.15) is 0 Å². The third kappa shape index (κ3) is 3.11. The molecule has 1 aliphatic rings. The number of fused-ring (bicyclic) bond motifs is 9. The van der Waals surface area contributed by atoms with Crippen LogP contribution in [0.1, 0.15) is 25.0 Å². The third-order valence-electron chi connectivity index (χ3n) is 9.15. The summed E-state index contributed by atoms with van der Waals surface area (Å²) in [4.78, 5) is 10.6. The largest absolute Gasteiger partial charge is 0.278 e. The van der Waals surface area contributed by atoms with Crippen LogP contribution in [0.15, 0.2) is 127 Å². The van der Waals surface area contributed by atoms with Crippen LogP contribution in [-0.2, 0) is 5.41 Å². The van der Waals surface area contributed by atoms with E-state index in [-0.39, 0.29) is 5.41 Å². The zero-order chi connectivity index (χ0) is 28.0. The second-order valence-electron chi connectivity index (χ2n) is 11.9. The molecular weight excluding hydrogens is 510 g/mol. The van der Waals surface area contributed by atoms with E-state index in [0.29, 0.717) is 5.95 Å². The number of hydrogen-bond donors (Lipinski definition) is 0. The summed E-state index contributed by atoms with van der Waals surface area (Å²) in [6.45, 7) is 4.71. The number of benzene rings is 6. The van der Waals surface area contributed by atoms with Gasteiger partial charge in [-0.3, -0.25) is 4.57 Å². The zero-order valence-electron chi connectivity index (χ0n) is 23.5. The van der Waals surface area contributed by atoms with Crippen LogP contribution >= 0.6 is 0 Å². The van der Waals surface area contributed by atoms with Crippen LogP contribution in [0.3, 0.4) is 0 Å². The highest BCUT2D eigenvalue weighted by molar-refractivity contribution is 6.16. The fourth-order valence-electron chi connectivity index (χ4n) is 7.23. The summed E-state index contributed by atoms with van der Waals surface area (Å²) in [6.07, 6.45) is 0. The van der Waals surface area contributed by atoms with E-state index in [4.69, 9.17) is 9.97 Å². The topological polar surface area (TPSA) is 30.7 Å². The highest BCUT2D eigenvalue weighted by Gasteiger charge is 2.38. The minimum Gasteiger partial charge on any atom is -0.278 e. The van der Waals surface area contributed by atoms with Crippen molar-refractivity contribution in [3.63, 3.8) is 0 Å². The predicted molar refractivity (Wildman–Crippen MR) is 174 cm³/mol. The summed E-state index contributed by atoms with van der Waals surface area (Å²) < 4.78 is 2.34. The molecule has 8 aromatic rings. The van der Waals surface area contributed by atoms with Gasteiger partial charge in [0.15, 0.2) is 0 Å². The molecule has 0 amide bonds. The lowest BCUT2D eigenvalue weighted by atomic mass is 9.81. The molecular formula is C39H27N3. The van der Waals surface area contributed by atoms with Crippen LogP contribution in [0.25, 0.3) is 71.8 Å². The van der Waals surface area contributed by atoms with Gasteiger partial charge in [-0.15, -0.1) is 0 Å². The molecule has 0 N–H and O–H groups in total. The summed E-state index contributed by atoms with van der Waals surface area (Å²) in [5.41, 5.74) is 10.4. The summed E-state index contributed by atoms with van der Waals surface area (Å²) >= 11 is 0. The Balaban J connectivity index is 1.49. The first-order chi connectivity index (χ1) is 20.6. The normalized spacial score (nSPS) is 13.7. The van der Waals surface area contributed by atoms with E-state index in [1.165, 1.54) is 49.3 Å². The highest BCUT2D eigenvalue weighted by atomic mass is 15.2. The van der Waals surface area contributed by atoms with Crippen molar-refractivity contribution in [3.05, 3.63) is 139 Å². The van der Waals surface area contributed by atoms with E-state index in [2.05, 4.69) is 146 Å². The van der Waals surface area contributed by atoms with Crippen LogP contribution < -0.4 is 0 Å². The van der Waals surface area contributed by atoms with E-state index in [1.54, 1.807) is 0 Å². The van der Waals surface area contributed by atoms with Crippen LogP contribution in [0.4, 0.5) is 0 Å². The molecule has 0 saturated heterocycles. The molecule has 1 aliphatic carbocycles. The Kier molecular flexibility index (Phi) is 4.67. The zero-order valence-corrected chi connectivity index (χ0v) is 23.5. The van der Waals surface area contributed by atoms with E-state index in [1.807, 2.05) is 0 Å².